The lowest BCUT2D eigenvalue weighted by Crippen LogP contribution is -2.04. The van der Waals surface area contributed by atoms with Crippen LogP contribution in [0.15, 0.2) is 0 Å². The molecular weight excluding hydrogens is 258 g/mol. The molecule has 4 nitrogen and oxygen atoms in total. The van der Waals surface area contributed by atoms with E-state index >= 15 is 0 Å². The number of nitrogens with zero attached hydrogens (tertiary/aromatic N) is 2. The lowest BCUT2D eigenvalue weighted by Gasteiger charge is -2.06. The van der Waals surface area contributed by atoms with Crippen LogP contribution in [-0.4, -0.2) is 16.6 Å². The Bertz CT molecular complexity index is 578. The van der Waals surface area contributed by atoms with Gasteiger partial charge in [-0.15, -0.1) is 11.3 Å². The van der Waals surface area contributed by atoms with E-state index in [1.807, 2.05) is 0 Å². The predicted octanol–water partition coefficient (Wildman–Crippen LogP) is 3.45. The van der Waals surface area contributed by atoms with Gasteiger partial charge in [0.25, 0.3) is 0 Å². The molecule has 0 saturated carbocycles. The normalized spacial score (nSPS) is 11.6. The molecule has 0 fully saturated rings. The van der Waals surface area contributed by atoms with Gasteiger partial charge in [0.05, 0.1) is 5.39 Å². The summed E-state index contributed by atoms with van der Waals surface area (Å²) < 4.78 is 5.60. The Kier molecular flexibility index (Phi) is 4.37. The summed E-state index contributed by atoms with van der Waals surface area (Å²) in [6, 6.07) is 0. The number of fused-ring (bicyclic) bond motifs is 1. The summed E-state index contributed by atoms with van der Waals surface area (Å²) in [5.74, 6) is 1.89. The number of rotatable bonds is 5. The zero-order valence-corrected chi connectivity index (χ0v) is 12.8. The molecular formula is C14H21N3OS. The fraction of sp³-hybridized carbons (Fsp3) is 0.571. The van der Waals surface area contributed by atoms with Crippen LogP contribution >= 0.6 is 11.3 Å². The summed E-state index contributed by atoms with van der Waals surface area (Å²) in [4.78, 5) is 11.1. The summed E-state index contributed by atoms with van der Waals surface area (Å²) in [5, 5.41) is 0.994. The number of aryl methyl sites for hydroxylation is 2. The Morgan fingerprint density at radius 3 is 2.68 bits per heavy atom. The molecule has 0 bridgehead atoms. The van der Waals surface area contributed by atoms with Gasteiger partial charge >= 0.3 is 0 Å². The number of hydrogen-bond acceptors (Lipinski definition) is 5. The summed E-state index contributed by atoms with van der Waals surface area (Å²) in [5.41, 5.74) is 7.21. The van der Waals surface area contributed by atoms with Crippen LogP contribution < -0.4 is 5.73 Å². The molecule has 2 N–H and O–H groups in total. The van der Waals surface area contributed by atoms with E-state index in [0.717, 1.165) is 23.2 Å². The minimum Gasteiger partial charge on any atom is -0.383 e. The van der Waals surface area contributed by atoms with Crippen molar-refractivity contribution >= 4 is 27.4 Å². The average molecular weight is 279 g/mol. The SMILES string of the molecule is Cc1sc2nc(COCCC(C)C)nc(N)c2c1C. The molecule has 104 valence electrons. The first-order valence-electron chi connectivity index (χ1n) is 6.59. The van der Waals surface area contributed by atoms with Crippen LogP contribution in [0.2, 0.25) is 0 Å². The summed E-state index contributed by atoms with van der Waals surface area (Å²) in [7, 11) is 0. The van der Waals surface area contributed by atoms with Gasteiger partial charge in [0.15, 0.2) is 5.82 Å². The Hall–Kier alpha value is -1.20. The Morgan fingerprint density at radius 2 is 2.00 bits per heavy atom. The number of ether oxygens (including phenoxy) is 1. The molecule has 0 spiro atoms. The predicted molar refractivity (Wildman–Crippen MR) is 80.4 cm³/mol. The van der Waals surface area contributed by atoms with Crippen molar-refractivity contribution in [1.82, 2.24) is 9.97 Å². The Balaban J connectivity index is 2.13. The van der Waals surface area contributed by atoms with Gasteiger partial charge < -0.3 is 10.5 Å². The van der Waals surface area contributed by atoms with E-state index in [0.29, 0.717) is 24.2 Å². The highest BCUT2D eigenvalue weighted by atomic mass is 32.1. The largest absolute Gasteiger partial charge is 0.383 e. The van der Waals surface area contributed by atoms with Gasteiger partial charge in [0.2, 0.25) is 0 Å². The van der Waals surface area contributed by atoms with Crippen LogP contribution in [0.4, 0.5) is 5.82 Å². The minimum atomic E-state index is 0.433. The second kappa shape index (κ2) is 5.84. The first-order chi connectivity index (χ1) is 8.99. The molecule has 0 unspecified atom stereocenters. The molecule has 0 saturated heterocycles. The molecule has 0 aliphatic carbocycles. The third-order valence-electron chi connectivity index (χ3n) is 3.17. The van der Waals surface area contributed by atoms with Gasteiger partial charge in [-0.1, -0.05) is 13.8 Å². The average Bonchev–Trinajstić information content (AvgIpc) is 2.61. The molecule has 2 heterocycles. The van der Waals surface area contributed by atoms with Crippen molar-refractivity contribution in [1.29, 1.82) is 0 Å². The number of nitrogen functional groups attached to an aromatic ring is 1. The maximum Gasteiger partial charge on any atom is 0.158 e. The van der Waals surface area contributed by atoms with Crippen molar-refractivity contribution in [3.8, 4) is 0 Å². The molecule has 5 heteroatoms. The highest BCUT2D eigenvalue weighted by Gasteiger charge is 2.12. The number of aromatic nitrogens is 2. The molecule has 0 radical (unpaired) electrons. The molecule has 0 atom stereocenters. The second-order valence-electron chi connectivity index (χ2n) is 5.22. The number of hydrogen-bond donors (Lipinski definition) is 1. The van der Waals surface area contributed by atoms with Crippen molar-refractivity contribution < 1.29 is 4.74 Å². The Labute approximate surface area is 118 Å². The molecule has 2 rings (SSSR count). The lowest BCUT2D eigenvalue weighted by molar-refractivity contribution is 0.106. The third-order valence-corrected chi connectivity index (χ3v) is 4.27. The topological polar surface area (TPSA) is 61.0 Å². The van der Waals surface area contributed by atoms with Crippen LogP contribution in [0.25, 0.3) is 10.2 Å². The summed E-state index contributed by atoms with van der Waals surface area (Å²) in [6.45, 7) is 9.68. The van der Waals surface area contributed by atoms with E-state index in [1.54, 1.807) is 11.3 Å². The van der Waals surface area contributed by atoms with Crippen molar-refractivity contribution in [2.75, 3.05) is 12.3 Å². The van der Waals surface area contributed by atoms with Crippen LogP contribution in [0.1, 0.15) is 36.5 Å². The van der Waals surface area contributed by atoms with Gasteiger partial charge in [-0.2, -0.15) is 0 Å². The van der Waals surface area contributed by atoms with Crippen LogP contribution in [0.3, 0.4) is 0 Å². The highest BCUT2D eigenvalue weighted by molar-refractivity contribution is 7.18. The van der Waals surface area contributed by atoms with Crippen molar-refractivity contribution in [2.24, 2.45) is 5.92 Å². The molecule has 2 aromatic heterocycles. The zero-order chi connectivity index (χ0) is 14.0. The lowest BCUT2D eigenvalue weighted by atomic mass is 10.1. The molecule has 0 amide bonds. The van der Waals surface area contributed by atoms with E-state index in [2.05, 4.69) is 37.7 Å². The monoisotopic (exact) mass is 279 g/mol. The third kappa shape index (κ3) is 3.22. The van der Waals surface area contributed by atoms with E-state index < -0.39 is 0 Å². The van der Waals surface area contributed by atoms with Crippen molar-refractivity contribution in [2.45, 2.75) is 40.7 Å². The zero-order valence-electron chi connectivity index (χ0n) is 12.0. The Morgan fingerprint density at radius 1 is 1.26 bits per heavy atom. The van der Waals surface area contributed by atoms with Crippen LogP contribution in [0.5, 0.6) is 0 Å². The van der Waals surface area contributed by atoms with Crippen molar-refractivity contribution in [3.63, 3.8) is 0 Å². The number of nitrogens with two attached hydrogens (primary N) is 1. The van der Waals surface area contributed by atoms with Gasteiger partial charge in [-0.3, -0.25) is 0 Å². The number of thiophene rings is 1. The standard InChI is InChI=1S/C14H21N3OS/c1-8(2)5-6-18-7-11-16-13(15)12-9(3)10(4)19-14(12)17-11/h8H,5-7H2,1-4H3,(H2,15,16,17). The first kappa shape index (κ1) is 14.2. The van der Waals surface area contributed by atoms with Gasteiger partial charge in [-0.05, 0) is 31.7 Å². The van der Waals surface area contributed by atoms with E-state index in [-0.39, 0.29) is 0 Å². The molecule has 0 aliphatic rings. The van der Waals surface area contributed by atoms with Crippen LogP contribution in [-0.2, 0) is 11.3 Å². The van der Waals surface area contributed by atoms with Crippen molar-refractivity contribution in [3.05, 3.63) is 16.3 Å². The highest BCUT2D eigenvalue weighted by Crippen LogP contribution is 2.31. The molecule has 0 aromatic carbocycles. The summed E-state index contributed by atoms with van der Waals surface area (Å²) in [6.07, 6.45) is 1.05. The molecule has 0 aliphatic heterocycles. The van der Waals surface area contributed by atoms with Gasteiger partial charge in [0.1, 0.15) is 17.3 Å². The van der Waals surface area contributed by atoms with E-state index in [9.17, 15) is 0 Å². The van der Waals surface area contributed by atoms with Gasteiger partial charge in [-0.25, -0.2) is 9.97 Å². The smallest absolute Gasteiger partial charge is 0.158 e. The second-order valence-corrected chi connectivity index (χ2v) is 6.43. The fourth-order valence-corrected chi connectivity index (χ4v) is 2.93. The number of anilines is 1. The molecule has 2 aromatic rings. The maximum absolute atomic E-state index is 6.02. The molecule has 19 heavy (non-hydrogen) atoms. The quantitative estimate of drug-likeness (QED) is 0.851. The van der Waals surface area contributed by atoms with Gasteiger partial charge in [0, 0.05) is 11.5 Å². The van der Waals surface area contributed by atoms with E-state index in [4.69, 9.17) is 10.5 Å². The first-order valence-corrected chi connectivity index (χ1v) is 7.40. The van der Waals surface area contributed by atoms with Crippen LogP contribution in [0, 0.1) is 19.8 Å². The van der Waals surface area contributed by atoms with E-state index in [1.165, 1.54) is 10.4 Å². The fourth-order valence-electron chi connectivity index (χ4n) is 1.87. The maximum atomic E-state index is 6.02. The minimum absolute atomic E-state index is 0.433. The summed E-state index contributed by atoms with van der Waals surface area (Å²) >= 11 is 1.66.